The number of benzene rings is 1. The second kappa shape index (κ2) is 9.47. The predicted octanol–water partition coefficient (Wildman–Crippen LogP) is 4.27. The van der Waals surface area contributed by atoms with Crippen molar-refractivity contribution in [3.05, 3.63) is 46.1 Å². The maximum atomic E-state index is 6.17. The van der Waals surface area contributed by atoms with Crippen molar-refractivity contribution in [3.63, 3.8) is 0 Å². The third-order valence-electron chi connectivity index (χ3n) is 3.28. The summed E-state index contributed by atoms with van der Waals surface area (Å²) in [5.41, 5.74) is 6.83. The smallest absolute Gasteiger partial charge is 0.189 e. The van der Waals surface area contributed by atoms with Crippen LogP contribution in [0.1, 0.15) is 31.4 Å². The van der Waals surface area contributed by atoms with Gasteiger partial charge in [-0.3, -0.25) is 0 Å². The molecule has 22 heavy (non-hydrogen) atoms. The highest BCUT2D eigenvalue weighted by Gasteiger charge is 2.12. The molecule has 0 aliphatic carbocycles. The standard InChI is InChI=1S/C15H19Cl2N3O.HI/c1-10(13-6-5-11(16)8-14(13)17)20-15(18)19-9-12-4-2-3-7-21-12;/h3,5-8,10,12H,2,4,9H2,1H3,(H3,18,19,20);1H. The number of ether oxygens (including phenoxy) is 1. The van der Waals surface area contributed by atoms with Gasteiger partial charge in [-0.1, -0.05) is 29.3 Å². The third-order valence-corrected chi connectivity index (χ3v) is 3.84. The summed E-state index contributed by atoms with van der Waals surface area (Å²) in [5.74, 6) is 0.381. The number of aliphatic imine (C=N–C) groups is 1. The van der Waals surface area contributed by atoms with Crippen molar-refractivity contribution in [1.29, 1.82) is 0 Å². The molecule has 1 heterocycles. The fourth-order valence-corrected chi connectivity index (χ4v) is 2.69. The number of rotatable bonds is 4. The van der Waals surface area contributed by atoms with E-state index in [1.54, 1.807) is 18.4 Å². The Kier molecular flexibility index (Phi) is 8.35. The molecule has 0 aromatic heterocycles. The molecule has 1 aromatic carbocycles. The van der Waals surface area contributed by atoms with Crippen LogP contribution in [0.5, 0.6) is 0 Å². The number of halogens is 3. The van der Waals surface area contributed by atoms with E-state index < -0.39 is 0 Å². The van der Waals surface area contributed by atoms with Gasteiger partial charge in [0.1, 0.15) is 6.10 Å². The second-order valence-corrected chi connectivity index (χ2v) is 5.81. The van der Waals surface area contributed by atoms with Crippen molar-refractivity contribution in [3.8, 4) is 0 Å². The molecule has 2 rings (SSSR count). The van der Waals surface area contributed by atoms with E-state index in [9.17, 15) is 0 Å². The van der Waals surface area contributed by atoms with Gasteiger partial charge in [0.2, 0.25) is 0 Å². The van der Waals surface area contributed by atoms with E-state index in [4.69, 9.17) is 33.7 Å². The molecule has 0 spiro atoms. The normalized spacial score (nSPS) is 19.0. The first-order chi connectivity index (χ1) is 10.1. The minimum Gasteiger partial charge on any atom is -0.496 e. The first-order valence-corrected chi connectivity index (χ1v) is 7.63. The van der Waals surface area contributed by atoms with Crippen molar-refractivity contribution < 1.29 is 4.74 Å². The molecule has 1 aliphatic heterocycles. The number of nitrogens with one attached hydrogen (secondary N) is 1. The van der Waals surface area contributed by atoms with E-state index in [2.05, 4.69) is 10.3 Å². The van der Waals surface area contributed by atoms with Crippen LogP contribution in [0.4, 0.5) is 0 Å². The highest BCUT2D eigenvalue weighted by atomic mass is 127. The summed E-state index contributed by atoms with van der Waals surface area (Å²) in [7, 11) is 0. The van der Waals surface area contributed by atoms with Crippen LogP contribution in [0.25, 0.3) is 0 Å². The quantitative estimate of drug-likeness (QED) is 0.405. The number of hydrogen-bond donors (Lipinski definition) is 2. The molecule has 0 amide bonds. The minimum absolute atomic E-state index is 0. The molecule has 2 unspecified atom stereocenters. The molecule has 122 valence electrons. The number of nitrogens with zero attached hydrogens (tertiary/aromatic N) is 1. The van der Waals surface area contributed by atoms with Gasteiger partial charge in [-0.15, -0.1) is 24.0 Å². The third kappa shape index (κ3) is 5.85. The van der Waals surface area contributed by atoms with Gasteiger partial charge in [-0.2, -0.15) is 0 Å². The Labute approximate surface area is 158 Å². The molecule has 0 radical (unpaired) electrons. The van der Waals surface area contributed by atoms with Crippen LogP contribution in [-0.2, 0) is 4.74 Å². The Balaban J connectivity index is 0.00000242. The summed E-state index contributed by atoms with van der Waals surface area (Å²) >= 11 is 12.1. The monoisotopic (exact) mass is 455 g/mol. The Bertz CT molecular complexity index is 552. The van der Waals surface area contributed by atoms with E-state index in [-0.39, 0.29) is 36.1 Å². The molecule has 1 aliphatic rings. The molecule has 4 nitrogen and oxygen atoms in total. The molecular weight excluding hydrogens is 436 g/mol. The Morgan fingerprint density at radius 3 is 2.91 bits per heavy atom. The van der Waals surface area contributed by atoms with Crippen LogP contribution in [0.15, 0.2) is 35.5 Å². The van der Waals surface area contributed by atoms with E-state index in [1.165, 1.54) is 0 Å². The van der Waals surface area contributed by atoms with E-state index in [0.717, 1.165) is 18.4 Å². The van der Waals surface area contributed by atoms with Gasteiger partial charge >= 0.3 is 0 Å². The number of hydrogen-bond acceptors (Lipinski definition) is 2. The maximum absolute atomic E-state index is 6.17. The maximum Gasteiger partial charge on any atom is 0.189 e. The minimum atomic E-state index is -0.0503. The van der Waals surface area contributed by atoms with Crippen LogP contribution >= 0.6 is 47.2 Å². The first kappa shape index (κ1) is 19.4. The van der Waals surface area contributed by atoms with Crippen LogP contribution in [-0.4, -0.2) is 18.6 Å². The SMILES string of the molecule is CC(NC(N)=NCC1CCC=CO1)c1ccc(Cl)cc1Cl.I. The summed E-state index contributed by atoms with van der Waals surface area (Å²) in [6, 6.07) is 5.35. The van der Waals surface area contributed by atoms with Crippen molar-refractivity contribution in [1.82, 2.24) is 5.32 Å². The zero-order valence-electron chi connectivity index (χ0n) is 12.3. The van der Waals surface area contributed by atoms with E-state index in [0.29, 0.717) is 22.5 Å². The summed E-state index contributed by atoms with van der Waals surface area (Å²) in [6.45, 7) is 2.52. The fourth-order valence-electron chi connectivity index (χ4n) is 2.12. The zero-order chi connectivity index (χ0) is 15.2. The van der Waals surface area contributed by atoms with Gasteiger partial charge in [0.05, 0.1) is 18.8 Å². The topological polar surface area (TPSA) is 59.6 Å². The van der Waals surface area contributed by atoms with Gasteiger partial charge in [-0.05, 0) is 43.5 Å². The molecular formula is C15H20Cl2IN3O. The highest BCUT2D eigenvalue weighted by Crippen LogP contribution is 2.25. The molecule has 2 atom stereocenters. The molecule has 0 bridgehead atoms. The van der Waals surface area contributed by atoms with Crippen LogP contribution in [0, 0.1) is 0 Å². The van der Waals surface area contributed by atoms with Gasteiger partial charge in [-0.25, -0.2) is 4.99 Å². The lowest BCUT2D eigenvalue weighted by molar-refractivity contribution is 0.131. The van der Waals surface area contributed by atoms with Crippen molar-refractivity contribution in [2.75, 3.05) is 6.54 Å². The molecule has 7 heteroatoms. The Morgan fingerprint density at radius 1 is 1.50 bits per heavy atom. The van der Waals surface area contributed by atoms with Crippen LogP contribution in [0.2, 0.25) is 10.0 Å². The van der Waals surface area contributed by atoms with Gasteiger partial charge in [0.15, 0.2) is 5.96 Å². The van der Waals surface area contributed by atoms with Crippen LogP contribution < -0.4 is 11.1 Å². The van der Waals surface area contributed by atoms with Crippen molar-refractivity contribution in [2.45, 2.75) is 31.9 Å². The molecule has 0 saturated carbocycles. The number of nitrogens with two attached hydrogens (primary N) is 1. The van der Waals surface area contributed by atoms with Crippen molar-refractivity contribution in [2.24, 2.45) is 10.7 Å². The number of guanidine groups is 1. The average Bonchev–Trinajstić information content (AvgIpc) is 2.46. The molecule has 0 saturated heterocycles. The largest absolute Gasteiger partial charge is 0.496 e. The second-order valence-electron chi connectivity index (χ2n) is 4.97. The van der Waals surface area contributed by atoms with Gasteiger partial charge in [0.25, 0.3) is 0 Å². The Morgan fingerprint density at radius 2 is 2.27 bits per heavy atom. The lowest BCUT2D eigenvalue weighted by atomic mass is 10.1. The van der Waals surface area contributed by atoms with E-state index in [1.807, 2.05) is 19.1 Å². The Hall–Kier alpha value is -0.660. The summed E-state index contributed by atoms with van der Waals surface area (Å²) < 4.78 is 5.44. The van der Waals surface area contributed by atoms with Crippen molar-refractivity contribution >= 4 is 53.1 Å². The summed E-state index contributed by atoms with van der Waals surface area (Å²) in [6.07, 6.45) is 5.82. The predicted molar refractivity (Wildman–Crippen MR) is 103 cm³/mol. The number of allylic oxidation sites excluding steroid dienone is 1. The molecule has 0 fully saturated rings. The summed E-state index contributed by atoms with van der Waals surface area (Å²) in [5, 5.41) is 4.34. The lowest BCUT2D eigenvalue weighted by Gasteiger charge is -2.19. The zero-order valence-corrected chi connectivity index (χ0v) is 16.1. The molecule has 1 aromatic rings. The lowest BCUT2D eigenvalue weighted by Crippen LogP contribution is -2.35. The first-order valence-electron chi connectivity index (χ1n) is 6.88. The fraction of sp³-hybridized carbons (Fsp3) is 0.400. The highest BCUT2D eigenvalue weighted by molar-refractivity contribution is 14.0. The van der Waals surface area contributed by atoms with Crippen LogP contribution in [0.3, 0.4) is 0 Å². The van der Waals surface area contributed by atoms with Gasteiger partial charge < -0.3 is 15.8 Å². The molecule has 3 N–H and O–H groups in total. The van der Waals surface area contributed by atoms with Gasteiger partial charge in [0, 0.05) is 10.0 Å². The van der Waals surface area contributed by atoms with E-state index >= 15 is 0 Å². The summed E-state index contributed by atoms with van der Waals surface area (Å²) in [4.78, 5) is 4.32. The average molecular weight is 456 g/mol.